The van der Waals surface area contributed by atoms with Crippen LogP contribution in [0.5, 0.6) is 0 Å². The first-order chi connectivity index (χ1) is 9.99. The van der Waals surface area contributed by atoms with Gasteiger partial charge in [-0.2, -0.15) is 0 Å². The van der Waals surface area contributed by atoms with Crippen LogP contribution >= 0.6 is 22.9 Å². The fourth-order valence-corrected chi connectivity index (χ4v) is 3.12. The molecular formula is C16H19ClN2OS. The minimum absolute atomic E-state index is 0.204. The number of anilines is 1. The van der Waals surface area contributed by atoms with Gasteiger partial charge >= 0.3 is 6.03 Å². The summed E-state index contributed by atoms with van der Waals surface area (Å²) in [5.74, 6) is 0. The Kier molecular flexibility index (Phi) is 5.26. The van der Waals surface area contributed by atoms with Gasteiger partial charge in [-0.15, -0.1) is 11.3 Å². The van der Waals surface area contributed by atoms with E-state index in [4.69, 9.17) is 11.6 Å². The number of hydrogen-bond acceptors (Lipinski definition) is 2. The van der Waals surface area contributed by atoms with E-state index in [0.29, 0.717) is 11.6 Å². The maximum absolute atomic E-state index is 11.9. The molecule has 0 aliphatic rings. The van der Waals surface area contributed by atoms with Gasteiger partial charge in [0.2, 0.25) is 0 Å². The second-order valence-electron chi connectivity index (χ2n) is 4.99. The SMILES string of the molecule is Cc1scc(CCNC(=O)Nc2cccc(Cl)c2C)c1C. The molecule has 0 aliphatic heterocycles. The highest BCUT2D eigenvalue weighted by Gasteiger charge is 2.07. The Morgan fingerprint density at radius 2 is 2.00 bits per heavy atom. The summed E-state index contributed by atoms with van der Waals surface area (Å²) in [6.45, 7) is 6.74. The molecule has 112 valence electrons. The minimum Gasteiger partial charge on any atom is -0.338 e. The largest absolute Gasteiger partial charge is 0.338 e. The van der Waals surface area contributed by atoms with Crippen molar-refractivity contribution in [2.75, 3.05) is 11.9 Å². The topological polar surface area (TPSA) is 41.1 Å². The first-order valence-corrected chi connectivity index (χ1v) is 8.08. The van der Waals surface area contributed by atoms with Crippen molar-refractivity contribution in [1.29, 1.82) is 0 Å². The van der Waals surface area contributed by atoms with Crippen molar-refractivity contribution in [3.05, 3.63) is 50.2 Å². The number of amides is 2. The molecule has 3 nitrogen and oxygen atoms in total. The van der Waals surface area contributed by atoms with E-state index >= 15 is 0 Å². The van der Waals surface area contributed by atoms with E-state index in [2.05, 4.69) is 29.9 Å². The number of carbonyl (C=O) groups excluding carboxylic acids is 1. The van der Waals surface area contributed by atoms with Crippen LogP contribution < -0.4 is 10.6 Å². The molecule has 0 unspecified atom stereocenters. The highest BCUT2D eigenvalue weighted by atomic mass is 35.5. The highest BCUT2D eigenvalue weighted by molar-refractivity contribution is 7.10. The molecule has 0 fully saturated rings. The van der Waals surface area contributed by atoms with Gasteiger partial charge in [0.1, 0.15) is 0 Å². The van der Waals surface area contributed by atoms with E-state index < -0.39 is 0 Å². The summed E-state index contributed by atoms with van der Waals surface area (Å²) in [4.78, 5) is 13.2. The van der Waals surface area contributed by atoms with E-state index in [1.807, 2.05) is 25.1 Å². The van der Waals surface area contributed by atoms with Crippen molar-refractivity contribution in [2.24, 2.45) is 0 Å². The van der Waals surface area contributed by atoms with Gasteiger partial charge in [-0.3, -0.25) is 0 Å². The molecule has 0 radical (unpaired) electrons. The van der Waals surface area contributed by atoms with Crippen molar-refractivity contribution in [1.82, 2.24) is 5.32 Å². The molecule has 0 atom stereocenters. The number of urea groups is 1. The predicted octanol–water partition coefficient (Wildman–Crippen LogP) is 4.69. The fraction of sp³-hybridized carbons (Fsp3) is 0.312. The number of hydrogen-bond donors (Lipinski definition) is 2. The number of halogens is 1. The van der Waals surface area contributed by atoms with E-state index in [1.54, 1.807) is 11.3 Å². The first-order valence-electron chi connectivity index (χ1n) is 6.82. The lowest BCUT2D eigenvalue weighted by molar-refractivity contribution is 0.252. The van der Waals surface area contributed by atoms with Crippen LogP contribution in [0.1, 0.15) is 21.6 Å². The van der Waals surface area contributed by atoms with Gasteiger partial charge in [0, 0.05) is 22.1 Å². The smallest absolute Gasteiger partial charge is 0.319 e. The van der Waals surface area contributed by atoms with Crippen LogP contribution in [0.15, 0.2) is 23.6 Å². The molecule has 2 aromatic rings. The summed E-state index contributed by atoms with van der Waals surface area (Å²) in [7, 11) is 0. The third-order valence-corrected chi connectivity index (χ3v) is 5.06. The molecule has 0 saturated carbocycles. The normalized spacial score (nSPS) is 10.5. The molecule has 1 aromatic carbocycles. The molecule has 0 saturated heterocycles. The van der Waals surface area contributed by atoms with Gasteiger partial charge in [0.15, 0.2) is 0 Å². The van der Waals surface area contributed by atoms with Crippen molar-refractivity contribution in [2.45, 2.75) is 27.2 Å². The molecule has 21 heavy (non-hydrogen) atoms. The lowest BCUT2D eigenvalue weighted by atomic mass is 10.1. The average Bonchev–Trinajstić information content (AvgIpc) is 2.76. The minimum atomic E-state index is -0.204. The maximum atomic E-state index is 11.9. The van der Waals surface area contributed by atoms with Gasteiger partial charge in [-0.1, -0.05) is 17.7 Å². The maximum Gasteiger partial charge on any atom is 0.319 e. The number of carbonyl (C=O) groups is 1. The molecule has 1 aromatic heterocycles. The van der Waals surface area contributed by atoms with Gasteiger partial charge in [0.25, 0.3) is 0 Å². The molecule has 0 spiro atoms. The fourth-order valence-electron chi connectivity index (χ4n) is 2.03. The Hall–Kier alpha value is -1.52. The van der Waals surface area contributed by atoms with Crippen LogP contribution in [0.25, 0.3) is 0 Å². The van der Waals surface area contributed by atoms with Crippen LogP contribution in [-0.4, -0.2) is 12.6 Å². The summed E-state index contributed by atoms with van der Waals surface area (Å²) in [6.07, 6.45) is 0.845. The number of thiophene rings is 1. The average molecular weight is 323 g/mol. The Morgan fingerprint density at radius 1 is 1.24 bits per heavy atom. The van der Waals surface area contributed by atoms with Crippen LogP contribution in [0.4, 0.5) is 10.5 Å². The lowest BCUT2D eigenvalue weighted by Crippen LogP contribution is -2.30. The Bertz CT molecular complexity index is 652. The molecule has 1 heterocycles. The summed E-state index contributed by atoms with van der Waals surface area (Å²) in [6, 6.07) is 5.27. The van der Waals surface area contributed by atoms with Gasteiger partial charge in [-0.05, 0) is 61.4 Å². The van der Waals surface area contributed by atoms with E-state index in [0.717, 1.165) is 17.7 Å². The quantitative estimate of drug-likeness (QED) is 0.842. The standard InChI is InChI=1S/C16H19ClN2OS/c1-10-12(3)21-9-13(10)7-8-18-16(20)19-15-6-4-5-14(17)11(15)2/h4-6,9H,7-8H2,1-3H3,(H2,18,19,20). The molecule has 0 aliphatic carbocycles. The number of nitrogens with one attached hydrogen (secondary N) is 2. The van der Waals surface area contributed by atoms with Crippen LogP contribution in [0.3, 0.4) is 0 Å². The van der Waals surface area contributed by atoms with E-state index in [-0.39, 0.29) is 6.03 Å². The highest BCUT2D eigenvalue weighted by Crippen LogP contribution is 2.23. The second-order valence-corrected chi connectivity index (χ2v) is 6.48. The van der Waals surface area contributed by atoms with Crippen molar-refractivity contribution >= 4 is 34.7 Å². The van der Waals surface area contributed by atoms with Gasteiger partial charge < -0.3 is 10.6 Å². The van der Waals surface area contributed by atoms with Gasteiger partial charge in [-0.25, -0.2) is 4.79 Å². The third kappa shape index (κ3) is 3.99. The predicted molar refractivity (Wildman–Crippen MR) is 90.7 cm³/mol. The zero-order valence-electron chi connectivity index (χ0n) is 12.4. The van der Waals surface area contributed by atoms with Crippen molar-refractivity contribution in [3.63, 3.8) is 0 Å². The van der Waals surface area contributed by atoms with Crippen LogP contribution in [0.2, 0.25) is 5.02 Å². The van der Waals surface area contributed by atoms with Crippen molar-refractivity contribution in [3.8, 4) is 0 Å². The zero-order chi connectivity index (χ0) is 15.4. The molecular weight excluding hydrogens is 304 g/mol. The van der Waals surface area contributed by atoms with Crippen LogP contribution in [-0.2, 0) is 6.42 Å². The summed E-state index contributed by atoms with van der Waals surface area (Å²) in [5.41, 5.74) is 4.24. The lowest BCUT2D eigenvalue weighted by Gasteiger charge is -2.10. The van der Waals surface area contributed by atoms with Gasteiger partial charge in [0.05, 0.1) is 0 Å². The second kappa shape index (κ2) is 6.96. The van der Waals surface area contributed by atoms with E-state index in [1.165, 1.54) is 16.0 Å². The number of benzene rings is 1. The Morgan fingerprint density at radius 3 is 2.67 bits per heavy atom. The first kappa shape index (κ1) is 15.9. The molecule has 2 N–H and O–H groups in total. The number of rotatable bonds is 4. The zero-order valence-corrected chi connectivity index (χ0v) is 14.0. The molecule has 2 rings (SSSR count). The number of aryl methyl sites for hydroxylation is 1. The molecule has 0 bridgehead atoms. The monoisotopic (exact) mass is 322 g/mol. The summed E-state index contributed by atoms with van der Waals surface area (Å²) >= 11 is 7.78. The van der Waals surface area contributed by atoms with Crippen LogP contribution in [0, 0.1) is 20.8 Å². The Labute approximate surface area is 134 Å². The molecule has 5 heteroatoms. The van der Waals surface area contributed by atoms with E-state index in [9.17, 15) is 4.79 Å². The summed E-state index contributed by atoms with van der Waals surface area (Å²) in [5, 5.41) is 8.51. The molecule has 2 amide bonds. The third-order valence-electron chi connectivity index (χ3n) is 3.58. The summed E-state index contributed by atoms with van der Waals surface area (Å²) < 4.78 is 0. The Balaban J connectivity index is 1.85. The van der Waals surface area contributed by atoms with Crippen molar-refractivity contribution < 1.29 is 4.79 Å².